The minimum absolute atomic E-state index is 0.182. The van der Waals surface area contributed by atoms with Gasteiger partial charge in [-0.1, -0.05) is 18.5 Å². The molecule has 0 spiro atoms. The molecule has 0 unspecified atom stereocenters. The molecule has 2 saturated heterocycles. The Kier molecular flexibility index (Phi) is 5.20. The second-order valence-electron chi connectivity index (χ2n) is 5.99. The zero-order chi connectivity index (χ0) is 17.1. The van der Waals surface area contributed by atoms with E-state index in [4.69, 9.17) is 27.6 Å². The number of anilines is 1. The third kappa shape index (κ3) is 3.18. The summed E-state index contributed by atoms with van der Waals surface area (Å²) >= 11 is 6.18. The van der Waals surface area contributed by atoms with E-state index in [1.807, 2.05) is 6.92 Å². The third-order valence-corrected chi connectivity index (χ3v) is 4.79. The Morgan fingerprint density at radius 3 is 2.62 bits per heavy atom. The molecule has 0 saturated carbocycles. The van der Waals surface area contributed by atoms with Crippen LogP contribution < -0.4 is 4.90 Å². The molecule has 3 heterocycles. The predicted octanol–water partition coefficient (Wildman–Crippen LogP) is 3.10. The Bertz CT molecular complexity index is 698. The number of pyridine rings is 1. The first-order valence-electron chi connectivity index (χ1n) is 8.16. The van der Waals surface area contributed by atoms with Gasteiger partial charge in [-0.15, -0.1) is 0 Å². The van der Waals surface area contributed by atoms with E-state index in [1.54, 1.807) is 0 Å². The molecule has 0 amide bonds. The first-order valence-corrected chi connectivity index (χ1v) is 8.53. The van der Waals surface area contributed by atoms with E-state index in [0.717, 1.165) is 25.9 Å². The fourth-order valence-electron chi connectivity index (χ4n) is 3.14. The lowest BCUT2D eigenvalue weighted by atomic mass is 10.0. The summed E-state index contributed by atoms with van der Waals surface area (Å²) in [6, 6.07) is 2.07. The van der Waals surface area contributed by atoms with Crippen molar-refractivity contribution in [3.05, 3.63) is 27.7 Å². The third-order valence-electron chi connectivity index (χ3n) is 4.52. The molecule has 0 aliphatic carbocycles. The van der Waals surface area contributed by atoms with Crippen LogP contribution in [0.3, 0.4) is 0 Å². The van der Waals surface area contributed by atoms with Crippen molar-refractivity contribution in [3.8, 4) is 6.07 Å². The highest BCUT2D eigenvalue weighted by Crippen LogP contribution is 2.37. The quantitative estimate of drug-likeness (QED) is 0.619. The molecule has 24 heavy (non-hydrogen) atoms. The summed E-state index contributed by atoms with van der Waals surface area (Å²) in [6.07, 6.45) is 2.81. The van der Waals surface area contributed by atoms with Gasteiger partial charge in [0.2, 0.25) is 5.69 Å². The Morgan fingerprint density at radius 1 is 1.42 bits per heavy atom. The zero-order valence-electron chi connectivity index (χ0n) is 13.6. The zero-order valence-corrected chi connectivity index (χ0v) is 14.3. The topological polar surface area (TPSA) is 62.7 Å². The van der Waals surface area contributed by atoms with Crippen LogP contribution in [0.1, 0.15) is 30.9 Å². The molecular weight excluding hydrogens is 328 g/mol. The van der Waals surface area contributed by atoms with Crippen molar-refractivity contribution < 1.29 is 9.47 Å². The van der Waals surface area contributed by atoms with Crippen LogP contribution in [-0.4, -0.2) is 43.5 Å². The van der Waals surface area contributed by atoms with Crippen LogP contribution in [0.15, 0.2) is 0 Å². The number of hydrogen-bond donors (Lipinski definition) is 0. The van der Waals surface area contributed by atoms with E-state index in [1.165, 1.54) is 0 Å². The fourth-order valence-corrected chi connectivity index (χ4v) is 3.38. The largest absolute Gasteiger partial charge is 0.376 e. The molecule has 0 bridgehead atoms. The standard InChI is InChI=1S/C17H19ClN4O2/c1-3-13-14(8-19)16(18)21-17(15(13)20-2)22-6-4-11(5-7-22)24-12-9-23-10-12/h11-12H,3-7,9-10H2,1H3. The van der Waals surface area contributed by atoms with Gasteiger partial charge in [-0.2, -0.15) is 5.26 Å². The van der Waals surface area contributed by atoms with Gasteiger partial charge in [0.15, 0.2) is 0 Å². The van der Waals surface area contributed by atoms with Crippen LogP contribution in [0.5, 0.6) is 0 Å². The highest BCUT2D eigenvalue weighted by atomic mass is 35.5. The molecule has 2 fully saturated rings. The number of nitriles is 1. The van der Waals surface area contributed by atoms with Crippen molar-refractivity contribution in [1.82, 2.24) is 4.98 Å². The van der Waals surface area contributed by atoms with Gasteiger partial charge >= 0.3 is 0 Å². The second kappa shape index (κ2) is 7.36. The summed E-state index contributed by atoms with van der Waals surface area (Å²) in [5.74, 6) is 0.594. The number of piperidine rings is 1. The lowest BCUT2D eigenvalue weighted by Gasteiger charge is -2.37. The minimum atomic E-state index is 0.182. The number of aromatic nitrogens is 1. The highest BCUT2D eigenvalue weighted by molar-refractivity contribution is 6.31. The maximum atomic E-state index is 9.28. The molecule has 1 aromatic rings. The summed E-state index contributed by atoms with van der Waals surface area (Å²) < 4.78 is 11.1. The van der Waals surface area contributed by atoms with E-state index in [9.17, 15) is 5.26 Å². The van der Waals surface area contributed by atoms with Gasteiger partial charge in [-0.25, -0.2) is 9.83 Å². The molecule has 126 valence electrons. The van der Waals surface area contributed by atoms with Gasteiger partial charge in [0.1, 0.15) is 23.1 Å². The minimum Gasteiger partial charge on any atom is -0.376 e. The smallest absolute Gasteiger partial charge is 0.232 e. The van der Waals surface area contributed by atoms with Gasteiger partial charge in [-0.3, -0.25) is 0 Å². The number of hydrogen-bond acceptors (Lipinski definition) is 5. The Morgan fingerprint density at radius 2 is 2.12 bits per heavy atom. The van der Waals surface area contributed by atoms with Crippen molar-refractivity contribution in [2.45, 2.75) is 38.4 Å². The summed E-state index contributed by atoms with van der Waals surface area (Å²) in [7, 11) is 0. The van der Waals surface area contributed by atoms with Crippen LogP contribution in [0.4, 0.5) is 11.5 Å². The molecule has 0 atom stereocenters. The van der Waals surface area contributed by atoms with Gasteiger partial charge in [0, 0.05) is 13.1 Å². The van der Waals surface area contributed by atoms with E-state index in [0.29, 0.717) is 42.3 Å². The first-order chi connectivity index (χ1) is 11.7. The Hall–Kier alpha value is -1.86. The molecule has 1 aromatic heterocycles. The normalized spacial score (nSPS) is 18.8. The average Bonchev–Trinajstić information content (AvgIpc) is 2.57. The number of ether oxygens (including phenoxy) is 2. The van der Waals surface area contributed by atoms with Crippen molar-refractivity contribution in [3.63, 3.8) is 0 Å². The molecule has 3 rings (SSSR count). The van der Waals surface area contributed by atoms with E-state index < -0.39 is 0 Å². The van der Waals surface area contributed by atoms with Crippen LogP contribution in [0.2, 0.25) is 5.15 Å². The number of halogens is 1. The lowest BCUT2D eigenvalue weighted by molar-refractivity contribution is -0.157. The second-order valence-corrected chi connectivity index (χ2v) is 6.35. The van der Waals surface area contributed by atoms with Gasteiger partial charge in [-0.05, 0) is 24.8 Å². The summed E-state index contributed by atoms with van der Waals surface area (Å²) in [5.41, 5.74) is 1.45. The molecule has 0 N–H and O–H groups in total. The molecule has 0 aromatic carbocycles. The van der Waals surface area contributed by atoms with Crippen LogP contribution in [-0.2, 0) is 15.9 Å². The number of rotatable bonds is 4. The lowest BCUT2D eigenvalue weighted by Crippen LogP contribution is -2.44. The molecule has 7 heteroatoms. The fraction of sp³-hybridized carbons (Fsp3) is 0.588. The van der Waals surface area contributed by atoms with E-state index in [2.05, 4.69) is 20.8 Å². The maximum Gasteiger partial charge on any atom is 0.232 e. The average molecular weight is 347 g/mol. The Balaban J connectivity index is 1.79. The summed E-state index contributed by atoms with van der Waals surface area (Å²) in [5, 5.41) is 9.46. The molecule has 6 nitrogen and oxygen atoms in total. The highest BCUT2D eigenvalue weighted by Gasteiger charge is 2.29. The number of nitrogens with zero attached hydrogens (tertiary/aromatic N) is 4. The summed E-state index contributed by atoms with van der Waals surface area (Å²) in [4.78, 5) is 10.1. The van der Waals surface area contributed by atoms with Crippen LogP contribution in [0.25, 0.3) is 4.85 Å². The van der Waals surface area contributed by atoms with E-state index in [-0.39, 0.29) is 17.4 Å². The van der Waals surface area contributed by atoms with Crippen molar-refractivity contribution in [2.75, 3.05) is 31.2 Å². The van der Waals surface area contributed by atoms with Crippen LogP contribution in [0, 0.1) is 17.9 Å². The monoisotopic (exact) mass is 346 g/mol. The van der Waals surface area contributed by atoms with Crippen LogP contribution >= 0.6 is 11.6 Å². The molecule has 0 radical (unpaired) electrons. The van der Waals surface area contributed by atoms with Crippen molar-refractivity contribution >= 4 is 23.1 Å². The molecule has 2 aliphatic heterocycles. The SMILES string of the molecule is [C-]#[N+]c1c(N2CCC(OC3COC3)CC2)nc(Cl)c(C#N)c1CC. The molecular formula is C17H19ClN4O2. The van der Waals surface area contributed by atoms with Crippen molar-refractivity contribution in [1.29, 1.82) is 5.26 Å². The first kappa shape index (κ1) is 17.0. The Labute approximate surface area is 146 Å². The van der Waals surface area contributed by atoms with Gasteiger partial charge in [0.25, 0.3) is 0 Å². The summed E-state index contributed by atoms with van der Waals surface area (Å²) in [6.45, 7) is 12.3. The van der Waals surface area contributed by atoms with E-state index >= 15 is 0 Å². The van der Waals surface area contributed by atoms with Gasteiger partial charge in [0.05, 0.1) is 31.5 Å². The maximum absolute atomic E-state index is 9.28. The molecule has 2 aliphatic rings. The predicted molar refractivity (Wildman–Crippen MR) is 90.5 cm³/mol. The van der Waals surface area contributed by atoms with Crippen molar-refractivity contribution in [2.24, 2.45) is 0 Å². The van der Waals surface area contributed by atoms with Gasteiger partial charge < -0.3 is 14.4 Å².